The number of thioether (sulfide) groups is 1. The summed E-state index contributed by atoms with van der Waals surface area (Å²) in [6, 6.07) is 5.96. The van der Waals surface area contributed by atoms with Crippen molar-refractivity contribution >= 4 is 34.7 Å². The number of nitrogens with one attached hydrogen (secondary N) is 1. The Morgan fingerprint density at radius 3 is 2.52 bits per heavy atom. The van der Waals surface area contributed by atoms with E-state index in [0.717, 1.165) is 53.8 Å². The molecule has 1 aliphatic heterocycles. The van der Waals surface area contributed by atoms with Crippen LogP contribution in [0.1, 0.15) is 21.7 Å². The van der Waals surface area contributed by atoms with Gasteiger partial charge in [0, 0.05) is 36.3 Å². The first kappa shape index (κ1) is 19.6. The van der Waals surface area contributed by atoms with E-state index in [1.807, 2.05) is 18.7 Å². The minimum Gasteiger partial charge on any atom is -0.353 e. The highest BCUT2D eigenvalue weighted by Gasteiger charge is 2.30. The smallest absolute Gasteiger partial charge is 0.353 e. The van der Waals surface area contributed by atoms with Crippen molar-refractivity contribution in [3.05, 3.63) is 53.5 Å². The fraction of sp³-hybridized carbons (Fsp3) is 0.316. The van der Waals surface area contributed by atoms with Crippen molar-refractivity contribution < 1.29 is 18.0 Å². The molecule has 0 atom stereocenters. The molecule has 1 aromatic carbocycles. The molecule has 29 heavy (non-hydrogen) atoms. The maximum Gasteiger partial charge on any atom is 0.416 e. The van der Waals surface area contributed by atoms with E-state index in [0.29, 0.717) is 0 Å². The number of aryl methyl sites for hydroxylation is 1. The molecule has 3 aromatic rings. The number of alkyl halides is 3. The van der Waals surface area contributed by atoms with Crippen LogP contribution < -0.4 is 10.2 Å². The summed E-state index contributed by atoms with van der Waals surface area (Å²) >= 11 is 1.89. The average Bonchev–Trinajstić information content (AvgIpc) is 3.12. The molecule has 0 spiro atoms. The van der Waals surface area contributed by atoms with E-state index < -0.39 is 17.6 Å². The highest BCUT2D eigenvalue weighted by molar-refractivity contribution is 7.99. The lowest BCUT2D eigenvalue weighted by Gasteiger charge is -2.28. The van der Waals surface area contributed by atoms with Gasteiger partial charge in [-0.1, -0.05) is 0 Å². The summed E-state index contributed by atoms with van der Waals surface area (Å²) in [5.74, 6) is 2.31. The number of anilines is 2. The molecule has 1 saturated heterocycles. The zero-order valence-corrected chi connectivity index (χ0v) is 16.3. The SMILES string of the molecule is Cc1cn2nc(C(=O)Nc3ccc(C(F)(F)F)cc3)cc2c(N2CCSCC2)n1. The standard InChI is InChI=1S/C19H18F3N5OS/c1-12-11-27-16(17(23-12)26-6-8-29-9-7-26)10-15(25-27)18(28)24-14-4-2-13(3-5-14)19(20,21)22/h2-5,10-11H,6-9H2,1H3,(H,24,28). The molecule has 1 aliphatic rings. The third-order valence-corrected chi connectivity index (χ3v) is 5.51. The van der Waals surface area contributed by atoms with Crippen molar-refractivity contribution in [2.75, 3.05) is 34.8 Å². The maximum atomic E-state index is 12.7. The Morgan fingerprint density at radius 1 is 1.17 bits per heavy atom. The number of benzene rings is 1. The Morgan fingerprint density at radius 2 is 1.86 bits per heavy atom. The van der Waals surface area contributed by atoms with Crippen LogP contribution in [0, 0.1) is 6.92 Å². The number of aromatic nitrogens is 3. The molecular formula is C19H18F3N5OS. The van der Waals surface area contributed by atoms with Crippen LogP contribution in [-0.4, -0.2) is 45.1 Å². The molecule has 0 radical (unpaired) electrons. The molecule has 10 heteroatoms. The van der Waals surface area contributed by atoms with Crippen LogP contribution in [0.15, 0.2) is 36.5 Å². The number of rotatable bonds is 3. The van der Waals surface area contributed by atoms with Gasteiger partial charge in [-0.15, -0.1) is 0 Å². The zero-order chi connectivity index (χ0) is 20.6. The van der Waals surface area contributed by atoms with E-state index in [4.69, 9.17) is 0 Å². The number of nitrogens with zero attached hydrogens (tertiary/aromatic N) is 4. The lowest BCUT2D eigenvalue weighted by molar-refractivity contribution is -0.137. The van der Waals surface area contributed by atoms with Gasteiger partial charge in [-0.05, 0) is 31.2 Å². The quantitative estimate of drug-likeness (QED) is 0.696. The van der Waals surface area contributed by atoms with Gasteiger partial charge < -0.3 is 10.2 Å². The Bertz CT molecular complexity index is 1040. The molecule has 152 valence electrons. The predicted octanol–water partition coefficient (Wildman–Crippen LogP) is 3.86. The molecule has 1 amide bonds. The van der Waals surface area contributed by atoms with Gasteiger partial charge in [0.2, 0.25) is 0 Å². The first-order valence-corrected chi connectivity index (χ1v) is 10.1. The summed E-state index contributed by atoms with van der Waals surface area (Å²) in [5, 5.41) is 6.93. The molecule has 0 unspecified atom stereocenters. The maximum absolute atomic E-state index is 12.7. The van der Waals surface area contributed by atoms with Crippen LogP contribution in [0.4, 0.5) is 24.7 Å². The molecule has 0 aliphatic carbocycles. The van der Waals surface area contributed by atoms with Crippen LogP contribution in [0.2, 0.25) is 0 Å². The van der Waals surface area contributed by atoms with E-state index in [2.05, 4.69) is 20.3 Å². The van der Waals surface area contributed by atoms with E-state index in [1.165, 1.54) is 12.1 Å². The fourth-order valence-corrected chi connectivity index (χ4v) is 4.05. The number of carbonyl (C=O) groups excluding carboxylic acids is 1. The second-order valence-corrected chi connectivity index (χ2v) is 7.92. The minimum absolute atomic E-state index is 0.171. The van der Waals surface area contributed by atoms with Crippen LogP contribution in [0.5, 0.6) is 0 Å². The van der Waals surface area contributed by atoms with E-state index >= 15 is 0 Å². The normalized spacial score (nSPS) is 15.0. The number of amides is 1. The fourth-order valence-electron chi connectivity index (χ4n) is 3.15. The zero-order valence-electron chi connectivity index (χ0n) is 15.5. The summed E-state index contributed by atoms with van der Waals surface area (Å²) in [7, 11) is 0. The molecule has 1 fully saturated rings. The summed E-state index contributed by atoms with van der Waals surface area (Å²) in [4.78, 5) is 19.4. The summed E-state index contributed by atoms with van der Waals surface area (Å²) in [6.07, 6.45) is -2.68. The highest BCUT2D eigenvalue weighted by atomic mass is 32.2. The van der Waals surface area contributed by atoms with Crippen molar-refractivity contribution in [1.29, 1.82) is 0 Å². The van der Waals surface area contributed by atoms with Gasteiger partial charge in [-0.3, -0.25) is 4.79 Å². The lowest BCUT2D eigenvalue weighted by atomic mass is 10.2. The Kier molecular flexibility index (Phi) is 5.12. The van der Waals surface area contributed by atoms with Gasteiger partial charge in [0.05, 0.1) is 17.5 Å². The molecule has 3 heterocycles. The van der Waals surface area contributed by atoms with Crippen LogP contribution >= 0.6 is 11.8 Å². The minimum atomic E-state index is -4.42. The van der Waals surface area contributed by atoms with Gasteiger partial charge in [0.1, 0.15) is 5.52 Å². The number of hydrogen-bond donors (Lipinski definition) is 1. The van der Waals surface area contributed by atoms with E-state index in [1.54, 1.807) is 16.8 Å². The van der Waals surface area contributed by atoms with Crippen molar-refractivity contribution in [1.82, 2.24) is 14.6 Å². The molecule has 0 bridgehead atoms. The van der Waals surface area contributed by atoms with Gasteiger partial charge in [0.25, 0.3) is 5.91 Å². The first-order valence-electron chi connectivity index (χ1n) is 8.99. The van der Waals surface area contributed by atoms with Crippen molar-refractivity contribution in [2.45, 2.75) is 13.1 Å². The summed E-state index contributed by atoms with van der Waals surface area (Å²) < 4.78 is 39.7. The lowest BCUT2D eigenvalue weighted by Crippen LogP contribution is -2.33. The summed E-state index contributed by atoms with van der Waals surface area (Å²) in [6.45, 7) is 3.61. The first-order chi connectivity index (χ1) is 13.8. The second kappa shape index (κ2) is 7.58. The molecule has 1 N–H and O–H groups in total. The van der Waals surface area contributed by atoms with Gasteiger partial charge in [-0.25, -0.2) is 9.50 Å². The van der Waals surface area contributed by atoms with Gasteiger partial charge >= 0.3 is 6.18 Å². The second-order valence-electron chi connectivity index (χ2n) is 6.69. The summed E-state index contributed by atoms with van der Waals surface area (Å²) in [5.41, 5.74) is 1.17. The third-order valence-electron chi connectivity index (χ3n) is 4.57. The van der Waals surface area contributed by atoms with E-state index in [9.17, 15) is 18.0 Å². The largest absolute Gasteiger partial charge is 0.416 e. The van der Waals surface area contributed by atoms with Gasteiger partial charge in [0.15, 0.2) is 11.5 Å². The third kappa shape index (κ3) is 4.16. The van der Waals surface area contributed by atoms with Crippen molar-refractivity contribution in [3.63, 3.8) is 0 Å². The van der Waals surface area contributed by atoms with Crippen LogP contribution in [0.3, 0.4) is 0 Å². The Hall–Kier alpha value is -2.75. The number of carbonyl (C=O) groups is 1. The average molecular weight is 421 g/mol. The predicted molar refractivity (Wildman–Crippen MR) is 107 cm³/mol. The molecule has 2 aromatic heterocycles. The molecule has 6 nitrogen and oxygen atoms in total. The van der Waals surface area contributed by atoms with Crippen molar-refractivity contribution in [2.24, 2.45) is 0 Å². The monoisotopic (exact) mass is 421 g/mol. The topological polar surface area (TPSA) is 62.5 Å². The van der Waals surface area contributed by atoms with Crippen LogP contribution in [-0.2, 0) is 6.18 Å². The van der Waals surface area contributed by atoms with Crippen molar-refractivity contribution in [3.8, 4) is 0 Å². The molecular weight excluding hydrogens is 403 g/mol. The number of hydrogen-bond acceptors (Lipinski definition) is 5. The Labute approximate surface area is 169 Å². The van der Waals surface area contributed by atoms with Crippen LogP contribution in [0.25, 0.3) is 5.52 Å². The number of fused-ring (bicyclic) bond motifs is 1. The number of halogens is 3. The Balaban J connectivity index is 1.59. The van der Waals surface area contributed by atoms with Gasteiger partial charge in [-0.2, -0.15) is 30.0 Å². The highest BCUT2D eigenvalue weighted by Crippen LogP contribution is 2.30. The molecule has 0 saturated carbocycles. The van der Waals surface area contributed by atoms with E-state index in [-0.39, 0.29) is 11.4 Å². The molecule has 4 rings (SSSR count).